The summed E-state index contributed by atoms with van der Waals surface area (Å²) in [5, 5.41) is 5.68. The van der Waals surface area contributed by atoms with Crippen LogP contribution in [0, 0.1) is 0 Å². The van der Waals surface area contributed by atoms with Crippen molar-refractivity contribution in [2.75, 3.05) is 53.0 Å². The molecule has 8 heteroatoms. The predicted octanol–water partition coefficient (Wildman–Crippen LogP) is 1.49. The van der Waals surface area contributed by atoms with Gasteiger partial charge >= 0.3 is 6.03 Å². The number of carbonyl (C=O) groups excluding carboxylic acids is 2. The van der Waals surface area contributed by atoms with Gasteiger partial charge in [0.05, 0.1) is 13.2 Å². The van der Waals surface area contributed by atoms with Crippen molar-refractivity contribution in [2.45, 2.75) is 13.0 Å². The Bertz CT molecular complexity index is 606. The van der Waals surface area contributed by atoms with E-state index in [9.17, 15) is 9.59 Å². The molecule has 1 aromatic rings. The molecule has 144 valence electrons. The maximum Gasteiger partial charge on any atom is 0.321 e. The summed E-state index contributed by atoms with van der Waals surface area (Å²) in [6, 6.07) is 7.63. The normalized spacial score (nSPS) is 16.9. The van der Waals surface area contributed by atoms with Crippen LogP contribution in [0.1, 0.15) is 18.5 Å². The fraction of sp³-hybridized carbons (Fsp3) is 0.556. The molecule has 0 radical (unpaired) electrons. The van der Waals surface area contributed by atoms with Crippen LogP contribution >= 0.6 is 11.6 Å². The molecule has 2 rings (SSSR count). The largest absolute Gasteiger partial charge is 0.383 e. The molecule has 1 aromatic carbocycles. The Morgan fingerprint density at radius 3 is 2.58 bits per heavy atom. The van der Waals surface area contributed by atoms with Crippen LogP contribution in [0.4, 0.5) is 4.79 Å². The summed E-state index contributed by atoms with van der Waals surface area (Å²) >= 11 is 6.29. The molecule has 2 N–H and O–H groups in total. The van der Waals surface area contributed by atoms with Gasteiger partial charge in [-0.15, -0.1) is 0 Å². The fourth-order valence-electron chi connectivity index (χ4n) is 3.00. The molecule has 1 fully saturated rings. The number of hydrogen-bond acceptors (Lipinski definition) is 5. The molecule has 1 saturated heterocycles. The maximum absolute atomic E-state index is 12.0. The van der Waals surface area contributed by atoms with Crippen LogP contribution in [-0.2, 0) is 9.53 Å². The Balaban J connectivity index is 1.73. The van der Waals surface area contributed by atoms with E-state index in [1.54, 1.807) is 7.11 Å². The Morgan fingerprint density at radius 2 is 1.92 bits per heavy atom. The number of carbonyl (C=O) groups is 2. The van der Waals surface area contributed by atoms with E-state index < -0.39 is 6.03 Å². The highest BCUT2D eigenvalue weighted by atomic mass is 35.5. The van der Waals surface area contributed by atoms with Crippen LogP contribution < -0.4 is 10.6 Å². The summed E-state index contributed by atoms with van der Waals surface area (Å²) < 4.78 is 4.84. The number of hydrogen-bond donors (Lipinski definition) is 2. The van der Waals surface area contributed by atoms with E-state index in [1.807, 2.05) is 23.1 Å². The summed E-state index contributed by atoms with van der Waals surface area (Å²) in [4.78, 5) is 27.9. The van der Waals surface area contributed by atoms with E-state index >= 15 is 0 Å². The Morgan fingerprint density at radius 1 is 1.23 bits per heavy atom. The fourth-order valence-corrected chi connectivity index (χ4v) is 3.29. The smallest absolute Gasteiger partial charge is 0.321 e. The summed E-state index contributed by atoms with van der Waals surface area (Å²) in [7, 11) is 1.55. The number of imide groups is 1. The molecule has 1 aliphatic rings. The van der Waals surface area contributed by atoms with Crippen molar-refractivity contribution in [3.8, 4) is 0 Å². The van der Waals surface area contributed by atoms with Gasteiger partial charge in [-0.3, -0.25) is 19.9 Å². The van der Waals surface area contributed by atoms with Gasteiger partial charge < -0.3 is 10.1 Å². The zero-order valence-electron chi connectivity index (χ0n) is 15.3. The first-order valence-corrected chi connectivity index (χ1v) is 9.16. The highest BCUT2D eigenvalue weighted by molar-refractivity contribution is 6.31. The molecule has 3 amide bonds. The second kappa shape index (κ2) is 10.5. The van der Waals surface area contributed by atoms with Crippen molar-refractivity contribution < 1.29 is 14.3 Å². The predicted molar refractivity (Wildman–Crippen MR) is 101 cm³/mol. The average molecular weight is 383 g/mol. The lowest BCUT2D eigenvalue weighted by molar-refractivity contribution is -0.121. The van der Waals surface area contributed by atoms with Gasteiger partial charge in [-0.1, -0.05) is 29.8 Å². The zero-order valence-corrected chi connectivity index (χ0v) is 16.1. The summed E-state index contributed by atoms with van der Waals surface area (Å²) in [5.74, 6) is -0.299. The van der Waals surface area contributed by atoms with Gasteiger partial charge in [-0.05, 0) is 18.6 Å². The maximum atomic E-state index is 12.0. The average Bonchev–Trinajstić information content (AvgIpc) is 2.62. The second-order valence-electron chi connectivity index (χ2n) is 6.31. The molecule has 26 heavy (non-hydrogen) atoms. The highest BCUT2D eigenvalue weighted by Crippen LogP contribution is 2.27. The van der Waals surface area contributed by atoms with Crippen molar-refractivity contribution in [3.63, 3.8) is 0 Å². The third kappa shape index (κ3) is 6.25. The SMILES string of the molecule is COCCNC(=O)NC(=O)CN1CCN(C(C)c2ccccc2Cl)CC1. The van der Waals surface area contributed by atoms with Crippen LogP contribution in [0.3, 0.4) is 0 Å². The molecular weight excluding hydrogens is 356 g/mol. The van der Waals surface area contributed by atoms with Gasteiger partial charge in [0.2, 0.25) is 5.91 Å². The number of rotatable bonds is 7. The van der Waals surface area contributed by atoms with E-state index in [1.165, 1.54) is 0 Å². The van der Waals surface area contributed by atoms with Gasteiger partial charge in [0.1, 0.15) is 0 Å². The molecule has 1 unspecified atom stereocenters. The lowest BCUT2D eigenvalue weighted by Gasteiger charge is -2.38. The lowest BCUT2D eigenvalue weighted by atomic mass is 10.1. The monoisotopic (exact) mass is 382 g/mol. The number of halogens is 1. The van der Waals surface area contributed by atoms with Crippen molar-refractivity contribution in [1.82, 2.24) is 20.4 Å². The molecular formula is C18H27ClN4O3. The van der Waals surface area contributed by atoms with Gasteiger partial charge in [0.25, 0.3) is 0 Å². The van der Waals surface area contributed by atoms with Crippen molar-refractivity contribution in [2.24, 2.45) is 0 Å². The van der Waals surface area contributed by atoms with Gasteiger partial charge in [-0.2, -0.15) is 0 Å². The van der Waals surface area contributed by atoms with E-state index in [4.69, 9.17) is 16.3 Å². The molecule has 0 saturated carbocycles. The number of benzene rings is 1. The highest BCUT2D eigenvalue weighted by Gasteiger charge is 2.24. The Hall–Kier alpha value is -1.67. The minimum absolute atomic E-state index is 0.214. The minimum atomic E-state index is -0.488. The first-order valence-electron chi connectivity index (χ1n) is 8.78. The number of piperazine rings is 1. The van der Waals surface area contributed by atoms with Gasteiger partial charge in [-0.25, -0.2) is 4.79 Å². The summed E-state index contributed by atoms with van der Waals surface area (Å²) in [6.07, 6.45) is 0. The summed E-state index contributed by atoms with van der Waals surface area (Å²) in [6.45, 7) is 6.38. The molecule has 0 aromatic heterocycles. The molecule has 1 atom stereocenters. The number of nitrogens with zero attached hydrogens (tertiary/aromatic N) is 2. The molecule has 1 aliphatic heterocycles. The topological polar surface area (TPSA) is 73.9 Å². The van der Waals surface area contributed by atoms with Crippen molar-refractivity contribution in [3.05, 3.63) is 34.9 Å². The van der Waals surface area contributed by atoms with E-state index in [0.29, 0.717) is 13.2 Å². The van der Waals surface area contributed by atoms with E-state index in [2.05, 4.69) is 28.5 Å². The van der Waals surface area contributed by atoms with Crippen LogP contribution in [0.2, 0.25) is 5.02 Å². The Kier molecular flexibility index (Phi) is 8.31. The number of methoxy groups -OCH3 is 1. The third-order valence-electron chi connectivity index (χ3n) is 4.52. The second-order valence-corrected chi connectivity index (χ2v) is 6.71. The third-order valence-corrected chi connectivity index (χ3v) is 4.87. The Labute approximate surface area is 159 Å². The lowest BCUT2D eigenvalue weighted by Crippen LogP contribution is -2.51. The molecule has 0 bridgehead atoms. The first kappa shape index (κ1) is 20.6. The van der Waals surface area contributed by atoms with Gasteiger partial charge in [0.15, 0.2) is 0 Å². The standard InChI is InChI=1S/C18H27ClN4O3/c1-14(15-5-3-4-6-16(15)19)23-10-8-22(9-11-23)13-17(24)21-18(25)20-7-12-26-2/h3-6,14H,7-13H2,1-2H3,(H2,20,21,24,25). The van der Waals surface area contributed by atoms with Crippen LogP contribution in [-0.4, -0.2) is 74.7 Å². The number of urea groups is 1. The molecule has 0 spiro atoms. The van der Waals surface area contributed by atoms with Crippen LogP contribution in [0.15, 0.2) is 24.3 Å². The van der Waals surface area contributed by atoms with Crippen LogP contribution in [0.5, 0.6) is 0 Å². The van der Waals surface area contributed by atoms with E-state index in [0.717, 1.165) is 36.8 Å². The van der Waals surface area contributed by atoms with Crippen molar-refractivity contribution in [1.29, 1.82) is 0 Å². The van der Waals surface area contributed by atoms with Crippen molar-refractivity contribution >= 4 is 23.5 Å². The first-order chi connectivity index (χ1) is 12.5. The molecule has 7 nitrogen and oxygen atoms in total. The zero-order chi connectivity index (χ0) is 18.9. The number of nitrogens with one attached hydrogen (secondary N) is 2. The van der Waals surface area contributed by atoms with Crippen LogP contribution in [0.25, 0.3) is 0 Å². The van der Waals surface area contributed by atoms with E-state index in [-0.39, 0.29) is 18.5 Å². The molecule has 1 heterocycles. The number of amides is 3. The number of ether oxygens (including phenoxy) is 1. The summed E-state index contributed by atoms with van der Waals surface area (Å²) in [5.41, 5.74) is 1.12. The van der Waals surface area contributed by atoms with Gasteiger partial charge in [0, 0.05) is 50.9 Å². The minimum Gasteiger partial charge on any atom is -0.383 e. The molecule has 0 aliphatic carbocycles. The quantitative estimate of drug-likeness (QED) is 0.699.